The quantitative estimate of drug-likeness (QED) is 0.828. The lowest BCUT2D eigenvalue weighted by atomic mass is 10.2. The molecule has 6 heteroatoms. The fourth-order valence-electron chi connectivity index (χ4n) is 3.49. The highest BCUT2D eigenvalue weighted by Gasteiger charge is 2.26. The first-order valence-electron chi connectivity index (χ1n) is 8.53. The number of hydrogen-bond acceptors (Lipinski definition) is 6. The predicted octanol–water partition coefficient (Wildman–Crippen LogP) is 1.87. The van der Waals surface area contributed by atoms with Crippen LogP contribution in [0.15, 0.2) is 4.90 Å². The van der Waals surface area contributed by atoms with Gasteiger partial charge in [0.1, 0.15) is 5.82 Å². The molecule has 120 valence electrons. The van der Waals surface area contributed by atoms with Gasteiger partial charge in [-0.15, -0.1) is 11.8 Å². The molecule has 4 heterocycles. The Hall–Kier alpha value is -1.01. The van der Waals surface area contributed by atoms with Crippen LogP contribution in [-0.2, 0) is 6.42 Å². The van der Waals surface area contributed by atoms with Gasteiger partial charge in [-0.05, 0) is 38.5 Å². The molecule has 0 N–H and O–H groups in total. The number of aromatic nitrogens is 2. The number of hydrogen-bond donors (Lipinski definition) is 0. The third-order valence-corrected chi connectivity index (χ3v) is 6.10. The summed E-state index contributed by atoms with van der Waals surface area (Å²) >= 11 is 1.96. The van der Waals surface area contributed by atoms with Gasteiger partial charge >= 0.3 is 0 Å². The number of thioether (sulfide) groups is 1. The van der Waals surface area contributed by atoms with E-state index in [2.05, 4.69) is 21.7 Å². The Morgan fingerprint density at radius 2 is 1.64 bits per heavy atom. The van der Waals surface area contributed by atoms with Crippen molar-refractivity contribution < 1.29 is 0 Å². The summed E-state index contributed by atoms with van der Waals surface area (Å²) < 4.78 is 0. The maximum atomic E-state index is 5.02. The number of piperazine rings is 1. The van der Waals surface area contributed by atoms with Gasteiger partial charge in [0.05, 0.1) is 10.6 Å². The third-order valence-electron chi connectivity index (χ3n) is 4.90. The summed E-state index contributed by atoms with van der Waals surface area (Å²) in [5.74, 6) is 3.40. The fraction of sp³-hybridized carbons (Fsp3) is 0.750. The average molecular weight is 319 g/mol. The minimum absolute atomic E-state index is 0.979. The average Bonchev–Trinajstić information content (AvgIpc) is 3.09. The normalized spacial score (nSPS) is 23.0. The van der Waals surface area contributed by atoms with Gasteiger partial charge in [-0.1, -0.05) is 0 Å². The Balaban J connectivity index is 1.69. The predicted molar refractivity (Wildman–Crippen MR) is 92.2 cm³/mol. The molecule has 4 rings (SSSR count). The molecule has 1 aromatic heterocycles. The van der Waals surface area contributed by atoms with E-state index in [4.69, 9.17) is 9.97 Å². The number of anilines is 2. The molecule has 0 unspecified atom stereocenters. The molecule has 5 nitrogen and oxygen atoms in total. The highest BCUT2D eigenvalue weighted by atomic mass is 32.2. The Morgan fingerprint density at radius 1 is 0.864 bits per heavy atom. The molecule has 2 fully saturated rings. The molecule has 0 radical (unpaired) electrons. The van der Waals surface area contributed by atoms with Crippen LogP contribution in [0, 0.1) is 0 Å². The number of rotatable bonds is 2. The van der Waals surface area contributed by atoms with E-state index in [1.807, 2.05) is 11.8 Å². The molecule has 0 aromatic carbocycles. The van der Waals surface area contributed by atoms with Crippen molar-refractivity contribution in [2.75, 3.05) is 61.9 Å². The van der Waals surface area contributed by atoms with Crippen LogP contribution in [0.1, 0.15) is 25.0 Å². The zero-order chi connectivity index (χ0) is 14.9. The first-order chi connectivity index (χ1) is 10.8. The number of likely N-dealkylation sites (N-methyl/N-ethyl adjacent to an activating group) is 1. The van der Waals surface area contributed by atoms with Crippen molar-refractivity contribution >= 4 is 23.5 Å². The molecular weight excluding hydrogens is 294 g/mol. The number of fused-ring (bicyclic) bond motifs is 1. The lowest BCUT2D eigenvalue weighted by Crippen LogP contribution is -2.45. The molecule has 0 amide bonds. The molecule has 0 atom stereocenters. The van der Waals surface area contributed by atoms with Gasteiger partial charge in [0.25, 0.3) is 0 Å². The molecule has 3 aliphatic heterocycles. The van der Waals surface area contributed by atoms with Crippen LogP contribution in [0.2, 0.25) is 0 Å². The van der Waals surface area contributed by atoms with Gasteiger partial charge < -0.3 is 14.7 Å². The Bertz CT molecular complexity index is 536. The minimum atomic E-state index is 0.979. The summed E-state index contributed by atoms with van der Waals surface area (Å²) in [4.78, 5) is 18.6. The second-order valence-corrected chi connectivity index (χ2v) is 7.66. The highest BCUT2D eigenvalue weighted by Crippen LogP contribution is 2.37. The molecule has 2 saturated heterocycles. The van der Waals surface area contributed by atoms with Crippen LogP contribution < -0.4 is 9.80 Å². The van der Waals surface area contributed by atoms with Crippen molar-refractivity contribution in [3.8, 4) is 0 Å². The molecular formula is C16H25N5S. The van der Waals surface area contributed by atoms with Gasteiger partial charge in [-0.3, -0.25) is 0 Å². The zero-order valence-electron chi connectivity index (χ0n) is 13.4. The van der Waals surface area contributed by atoms with Gasteiger partial charge in [0, 0.05) is 39.3 Å². The van der Waals surface area contributed by atoms with Gasteiger partial charge in [-0.2, -0.15) is 4.98 Å². The summed E-state index contributed by atoms with van der Waals surface area (Å²) in [5.41, 5.74) is 1.29. The van der Waals surface area contributed by atoms with Crippen LogP contribution in [-0.4, -0.2) is 66.9 Å². The van der Waals surface area contributed by atoms with Crippen LogP contribution >= 0.6 is 11.8 Å². The second kappa shape index (κ2) is 6.24. The summed E-state index contributed by atoms with van der Waals surface area (Å²) in [7, 11) is 2.21. The lowest BCUT2D eigenvalue weighted by molar-refractivity contribution is 0.311. The van der Waals surface area contributed by atoms with Crippen LogP contribution in [0.25, 0.3) is 0 Å². The van der Waals surface area contributed by atoms with Crippen LogP contribution in [0.3, 0.4) is 0 Å². The standard InChI is InChI=1S/C16H25N5S/c1-19-8-10-20(11-9-19)15-14-13(5-4-12-22-14)17-16(18-15)21-6-2-3-7-21/h2-12H2,1H3. The molecule has 3 aliphatic rings. The van der Waals surface area contributed by atoms with Crippen molar-refractivity contribution in [1.82, 2.24) is 14.9 Å². The van der Waals surface area contributed by atoms with E-state index < -0.39 is 0 Å². The monoisotopic (exact) mass is 319 g/mol. The Morgan fingerprint density at radius 3 is 2.41 bits per heavy atom. The first-order valence-corrected chi connectivity index (χ1v) is 9.52. The first kappa shape index (κ1) is 14.6. The summed E-state index contributed by atoms with van der Waals surface area (Å²) in [6.45, 7) is 6.66. The fourth-order valence-corrected chi connectivity index (χ4v) is 4.60. The molecule has 0 aliphatic carbocycles. The summed E-state index contributed by atoms with van der Waals surface area (Å²) in [5, 5.41) is 0. The minimum Gasteiger partial charge on any atom is -0.353 e. The molecule has 22 heavy (non-hydrogen) atoms. The topological polar surface area (TPSA) is 35.5 Å². The summed E-state index contributed by atoms with van der Waals surface area (Å²) in [6, 6.07) is 0. The molecule has 0 bridgehead atoms. The number of aryl methyl sites for hydroxylation is 1. The van der Waals surface area contributed by atoms with E-state index in [0.717, 1.165) is 51.6 Å². The largest absolute Gasteiger partial charge is 0.353 e. The molecule has 1 aromatic rings. The third kappa shape index (κ3) is 2.78. The van der Waals surface area contributed by atoms with E-state index >= 15 is 0 Å². The van der Waals surface area contributed by atoms with E-state index in [1.54, 1.807) is 0 Å². The lowest BCUT2D eigenvalue weighted by Gasteiger charge is -2.35. The molecule has 0 saturated carbocycles. The van der Waals surface area contributed by atoms with E-state index in [0.29, 0.717) is 0 Å². The van der Waals surface area contributed by atoms with Crippen LogP contribution in [0.5, 0.6) is 0 Å². The van der Waals surface area contributed by atoms with Crippen molar-refractivity contribution in [2.24, 2.45) is 0 Å². The van der Waals surface area contributed by atoms with Gasteiger partial charge in [0.2, 0.25) is 5.95 Å². The number of nitrogens with zero attached hydrogens (tertiary/aromatic N) is 5. The van der Waals surface area contributed by atoms with E-state index in [1.165, 1.54) is 41.4 Å². The highest BCUT2D eigenvalue weighted by molar-refractivity contribution is 7.99. The van der Waals surface area contributed by atoms with Crippen molar-refractivity contribution in [1.29, 1.82) is 0 Å². The molecule has 0 spiro atoms. The van der Waals surface area contributed by atoms with E-state index in [-0.39, 0.29) is 0 Å². The van der Waals surface area contributed by atoms with Crippen LogP contribution in [0.4, 0.5) is 11.8 Å². The second-order valence-electron chi connectivity index (χ2n) is 6.56. The zero-order valence-corrected chi connectivity index (χ0v) is 14.2. The maximum absolute atomic E-state index is 5.02. The van der Waals surface area contributed by atoms with E-state index in [9.17, 15) is 0 Å². The van der Waals surface area contributed by atoms with Crippen molar-refractivity contribution in [3.63, 3.8) is 0 Å². The smallest absolute Gasteiger partial charge is 0.227 e. The van der Waals surface area contributed by atoms with Crippen molar-refractivity contribution in [2.45, 2.75) is 30.6 Å². The van der Waals surface area contributed by atoms with Gasteiger partial charge in [0.15, 0.2) is 0 Å². The SMILES string of the molecule is CN1CCN(c2nc(N3CCCC3)nc3c2SCCC3)CC1. The maximum Gasteiger partial charge on any atom is 0.227 e. The Labute approximate surface area is 137 Å². The Kier molecular flexibility index (Phi) is 4.13. The summed E-state index contributed by atoms with van der Waals surface area (Å²) in [6.07, 6.45) is 4.92. The van der Waals surface area contributed by atoms with Gasteiger partial charge in [-0.25, -0.2) is 4.98 Å². The van der Waals surface area contributed by atoms with Crippen molar-refractivity contribution in [3.05, 3.63) is 5.69 Å².